The first-order valence-electron chi connectivity index (χ1n) is 21.7. The minimum absolute atomic E-state index is 0.00620. The number of alkyl halides is 4. The molecule has 18 heteroatoms. The molecule has 2 aliphatic heterocycles. The number of rotatable bonds is 11. The molecule has 5 aliphatic rings. The van der Waals surface area contributed by atoms with E-state index in [4.69, 9.17) is 9.47 Å². The van der Waals surface area contributed by atoms with Gasteiger partial charge in [0.1, 0.15) is 59.8 Å². The first kappa shape index (κ1) is 42.8. The molecule has 0 saturated heterocycles. The molecule has 10 unspecified atom stereocenters. The third kappa shape index (κ3) is 7.41. The molecule has 2 fully saturated rings. The van der Waals surface area contributed by atoms with Gasteiger partial charge in [-0.1, -0.05) is 12.2 Å². The van der Waals surface area contributed by atoms with Crippen molar-refractivity contribution in [2.24, 2.45) is 5.92 Å². The maximum Gasteiger partial charge on any atom is 0.280 e. The number of aromatic nitrogens is 5. The zero-order valence-electron chi connectivity index (χ0n) is 34.7. The van der Waals surface area contributed by atoms with Gasteiger partial charge in [-0.2, -0.15) is 0 Å². The van der Waals surface area contributed by atoms with E-state index in [1.807, 2.05) is 25.1 Å². The molecule has 0 spiro atoms. The number of allylic oxidation sites excluding steroid dienone is 1. The van der Waals surface area contributed by atoms with E-state index in [9.17, 15) is 38.0 Å². The van der Waals surface area contributed by atoms with Crippen molar-refractivity contribution in [3.8, 4) is 11.6 Å². The molecule has 0 radical (unpaired) electrons. The molecule has 0 amide bonds. The van der Waals surface area contributed by atoms with E-state index >= 15 is 4.39 Å². The summed E-state index contributed by atoms with van der Waals surface area (Å²) >= 11 is 0. The van der Waals surface area contributed by atoms with E-state index in [1.165, 1.54) is 12.4 Å². The van der Waals surface area contributed by atoms with Gasteiger partial charge in [0.25, 0.3) is 12.9 Å². The molecule has 6 N–H and O–H groups in total. The van der Waals surface area contributed by atoms with Crippen LogP contribution in [0, 0.1) is 18.7 Å². The smallest absolute Gasteiger partial charge is 0.280 e. The number of nitrogens with zero attached hydrogens (tertiary/aromatic N) is 5. The quantitative estimate of drug-likeness (QED) is 0.0930. The van der Waals surface area contributed by atoms with Crippen LogP contribution in [0.5, 0.6) is 11.6 Å². The second-order valence-corrected chi connectivity index (χ2v) is 17.6. The zero-order chi connectivity index (χ0) is 44.6. The lowest BCUT2D eigenvalue weighted by molar-refractivity contribution is -0.0197. The summed E-state index contributed by atoms with van der Waals surface area (Å²) in [5.74, 6) is -2.32. The topological polar surface area (TPSA) is 180 Å². The van der Waals surface area contributed by atoms with Crippen LogP contribution in [0.2, 0.25) is 0 Å². The van der Waals surface area contributed by atoms with Crippen LogP contribution in [0.15, 0.2) is 49.1 Å². The predicted octanol–water partition coefficient (Wildman–Crippen LogP) is 5.42. The number of halogens is 5. The van der Waals surface area contributed by atoms with E-state index in [-0.39, 0.29) is 61.9 Å². The molecule has 64 heavy (non-hydrogen) atoms. The molecule has 6 heterocycles. The molecule has 13 nitrogen and oxygen atoms in total. The van der Waals surface area contributed by atoms with Crippen molar-refractivity contribution in [3.05, 3.63) is 111 Å². The number of fused-ring (bicyclic) bond motifs is 4. The number of hydrogen-bond acceptors (Lipinski definition) is 12. The Balaban J connectivity index is 0.876. The number of benzene rings is 1. The van der Waals surface area contributed by atoms with Crippen LogP contribution in [0.1, 0.15) is 106 Å². The van der Waals surface area contributed by atoms with Crippen molar-refractivity contribution in [2.75, 3.05) is 13.1 Å². The number of aliphatic hydroxyl groups is 4. The van der Waals surface area contributed by atoms with E-state index in [0.717, 1.165) is 22.9 Å². The second kappa shape index (κ2) is 17.0. The lowest BCUT2D eigenvalue weighted by atomic mass is 9.84. The van der Waals surface area contributed by atoms with Gasteiger partial charge < -0.3 is 45.1 Å². The second-order valence-electron chi connectivity index (χ2n) is 17.6. The Morgan fingerprint density at radius 3 is 2.50 bits per heavy atom. The van der Waals surface area contributed by atoms with E-state index in [1.54, 1.807) is 23.0 Å². The number of hydrogen-bond donors (Lipinski definition) is 6. The summed E-state index contributed by atoms with van der Waals surface area (Å²) in [6, 6.07) is 5.34. The Labute approximate surface area is 364 Å². The fourth-order valence-corrected chi connectivity index (χ4v) is 10.7. The van der Waals surface area contributed by atoms with Crippen molar-refractivity contribution in [2.45, 2.75) is 119 Å². The fourth-order valence-electron chi connectivity index (χ4n) is 10.7. The SMILES string of the molecule is Cc1ccnc2c1C=CC2C1CC(Oc2cc(C(F)F)c(F)c3c2CNCC3CCc2ncnc3c2ccn3C2CC(Oc3nc(C(F)F)cc4c3CNCC4)C(O)C2O)C(O)C1O. The van der Waals surface area contributed by atoms with Crippen molar-refractivity contribution < 1.29 is 51.9 Å². The van der Waals surface area contributed by atoms with Crippen LogP contribution >= 0.6 is 0 Å². The molecular weight excluding hydrogens is 842 g/mol. The first-order valence-corrected chi connectivity index (χ1v) is 21.7. The fraction of sp³-hybridized carbons (Fsp3) is 0.478. The highest BCUT2D eigenvalue weighted by Crippen LogP contribution is 2.47. The van der Waals surface area contributed by atoms with E-state index in [2.05, 4.69) is 30.6 Å². The van der Waals surface area contributed by atoms with Gasteiger partial charge in [-0.15, -0.1) is 0 Å². The van der Waals surface area contributed by atoms with Gasteiger partial charge in [0.05, 0.1) is 29.1 Å². The highest BCUT2D eigenvalue weighted by molar-refractivity contribution is 5.78. The Kier molecular flexibility index (Phi) is 11.4. The Bertz CT molecular complexity index is 2610. The highest BCUT2D eigenvalue weighted by atomic mass is 19.3. The molecule has 3 aliphatic carbocycles. The maximum absolute atomic E-state index is 16.3. The van der Waals surface area contributed by atoms with Crippen LogP contribution in [-0.2, 0) is 25.9 Å². The van der Waals surface area contributed by atoms with Gasteiger partial charge in [0, 0.05) is 78.3 Å². The summed E-state index contributed by atoms with van der Waals surface area (Å²) in [5, 5.41) is 52.1. The van der Waals surface area contributed by atoms with Gasteiger partial charge >= 0.3 is 0 Å². The van der Waals surface area contributed by atoms with Crippen molar-refractivity contribution >= 4 is 17.1 Å². The standard InChI is InChI=1S/C46H48F5N7O6/c1-20-6-10-54-38-23(20)3-4-24(38)26-13-34(41(61)39(26)59)63-33-14-27(43(48)49)37(47)36-22(16-53-18-29(33)36)2-5-30-25-8-11-58(45(25)56-19-55-30)32-15-35(42(62)40(32)60)64-46-28-17-52-9-7-21(28)12-31(57-46)44(50)51/h3-4,6,8,10-12,14,19,22,24,26,32,34-35,39-44,52-53,59-62H,2,5,7,9,13,15-18H2,1H3. The Hall–Kier alpha value is -5.11. The maximum atomic E-state index is 16.3. The molecule has 10 rings (SSSR count). The van der Waals surface area contributed by atoms with Crippen LogP contribution in [0.25, 0.3) is 17.1 Å². The first-order chi connectivity index (χ1) is 30.9. The van der Waals surface area contributed by atoms with Crippen LogP contribution < -0.4 is 20.1 Å². The van der Waals surface area contributed by atoms with Gasteiger partial charge in [-0.05, 0) is 80.1 Å². The minimum Gasteiger partial charge on any atom is -0.487 e. The predicted molar refractivity (Wildman–Crippen MR) is 222 cm³/mol. The molecular formula is C46H48F5N7O6. The average Bonchev–Trinajstić information content (AvgIpc) is 4.05. The minimum atomic E-state index is -3.15. The van der Waals surface area contributed by atoms with E-state index in [0.29, 0.717) is 52.9 Å². The summed E-state index contributed by atoms with van der Waals surface area (Å²) < 4.78 is 87.1. The molecule has 10 atom stereocenters. The summed E-state index contributed by atoms with van der Waals surface area (Å²) in [4.78, 5) is 17.7. The monoisotopic (exact) mass is 889 g/mol. The number of aryl methyl sites for hydroxylation is 2. The number of pyridine rings is 2. The lowest BCUT2D eigenvalue weighted by Gasteiger charge is -2.31. The Morgan fingerprint density at radius 2 is 1.69 bits per heavy atom. The third-order valence-electron chi connectivity index (χ3n) is 14.0. The summed E-state index contributed by atoms with van der Waals surface area (Å²) in [5.41, 5.74) is 4.38. The molecule has 5 aromatic rings. The van der Waals surface area contributed by atoms with Crippen molar-refractivity contribution in [1.29, 1.82) is 0 Å². The van der Waals surface area contributed by atoms with Crippen molar-refractivity contribution in [1.82, 2.24) is 35.1 Å². The Morgan fingerprint density at radius 1 is 0.891 bits per heavy atom. The molecule has 2 saturated carbocycles. The van der Waals surface area contributed by atoms with Gasteiger partial charge in [0.2, 0.25) is 5.88 Å². The molecule has 338 valence electrons. The van der Waals surface area contributed by atoms with Gasteiger partial charge in [-0.3, -0.25) is 4.98 Å². The van der Waals surface area contributed by atoms with Crippen molar-refractivity contribution in [3.63, 3.8) is 0 Å². The summed E-state index contributed by atoms with van der Waals surface area (Å²) in [6.45, 7) is 3.35. The van der Waals surface area contributed by atoms with Crippen LogP contribution in [-0.4, -0.2) is 94.6 Å². The summed E-state index contributed by atoms with van der Waals surface area (Å²) in [7, 11) is 0. The molecule has 0 bridgehead atoms. The number of aliphatic hydroxyl groups excluding tert-OH is 4. The normalized spacial score (nSPS) is 28.6. The third-order valence-corrected chi connectivity index (χ3v) is 14.0. The zero-order valence-corrected chi connectivity index (χ0v) is 34.7. The van der Waals surface area contributed by atoms with Crippen LogP contribution in [0.4, 0.5) is 22.0 Å². The summed E-state index contributed by atoms with van der Waals surface area (Å²) in [6.07, 6.45) is -3.02. The lowest BCUT2D eigenvalue weighted by Crippen LogP contribution is -2.35. The number of ether oxygens (including phenoxy) is 2. The highest BCUT2D eigenvalue weighted by Gasteiger charge is 2.48. The van der Waals surface area contributed by atoms with Gasteiger partial charge in [0.15, 0.2) is 0 Å². The van der Waals surface area contributed by atoms with E-state index < -0.39 is 84.4 Å². The van der Waals surface area contributed by atoms with Crippen LogP contribution in [0.3, 0.4) is 0 Å². The average molecular weight is 890 g/mol. The largest absolute Gasteiger partial charge is 0.487 e. The number of nitrogens with one attached hydrogen (secondary N) is 2. The molecule has 1 aromatic carbocycles. The van der Waals surface area contributed by atoms with Gasteiger partial charge in [-0.25, -0.2) is 36.9 Å². The molecule has 4 aromatic heterocycles.